The van der Waals surface area contributed by atoms with Gasteiger partial charge >= 0.3 is 0 Å². The van der Waals surface area contributed by atoms with Crippen molar-refractivity contribution >= 4 is 40.3 Å². The summed E-state index contributed by atoms with van der Waals surface area (Å²) >= 11 is 5.90. The summed E-state index contributed by atoms with van der Waals surface area (Å²) in [5.41, 5.74) is 1.13. The van der Waals surface area contributed by atoms with Crippen LogP contribution in [0.2, 0.25) is 5.02 Å². The monoisotopic (exact) mass is 528 g/mol. The quantitative estimate of drug-likeness (QED) is 0.388. The SMILES string of the molecule is COCCOc1cccc2nc(C(=O)NC3CCN(C(C)C)CC3)n(CC(=O)Nc3ccc(Cl)cn3)c12. The molecule has 3 heterocycles. The molecule has 4 rings (SSSR count). The second-order valence-electron chi connectivity index (χ2n) is 9.27. The molecular formula is C26H33ClN6O4. The molecule has 1 aliphatic heterocycles. The van der Waals surface area contributed by atoms with Gasteiger partial charge in [0.1, 0.15) is 30.2 Å². The highest BCUT2D eigenvalue weighted by Crippen LogP contribution is 2.27. The van der Waals surface area contributed by atoms with Crippen LogP contribution in [-0.2, 0) is 16.1 Å². The van der Waals surface area contributed by atoms with Gasteiger partial charge in [0.25, 0.3) is 5.91 Å². The zero-order valence-corrected chi connectivity index (χ0v) is 22.1. The molecule has 3 aromatic rings. The summed E-state index contributed by atoms with van der Waals surface area (Å²) < 4.78 is 12.6. The lowest BCUT2D eigenvalue weighted by molar-refractivity contribution is -0.116. The molecule has 37 heavy (non-hydrogen) atoms. The Bertz CT molecular complexity index is 1220. The molecule has 0 spiro atoms. The van der Waals surface area contributed by atoms with E-state index in [0.717, 1.165) is 25.9 Å². The number of amides is 2. The van der Waals surface area contributed by atoms with E-state index in [1.165, 1.54) is 6.20 Å². The molecule has 1 aliphatic rings. The number of ether oxygens (including phenoxy) is 2. The van der Waals surface area contributed by atoms with Crippen LogP contribution in [0.15, 0.2) is 36.5 Å². The maximum Gasteiger partial charge on any atom is 0.287 e. The Morgan fingerprint density at radius 3 is 2.62 bits per heavy atom. The van der Waals surface area contributed by atoms with Crippen LogP contribution in [0.1, 0.15) is 37.3 Å². The molecule has 1 fully saturated rings. The number of hydrogen-bond donors (Lipinski definition) is 2. The van der Waals surface area contributed by atoms with Gasteiger partial charge in [0.15, 0.2) is 0 Å². The van der Waals surface area contributed by atoms with Gasteiger partial charge in [-0.05, 0) is 51.0 Å². The van der Waals surface area contributed by atoms with Crippen molar-refractivity contribution in [3.05, 3.63) is 47.4 Å². The van der Waals surface area contributed by atoms with Gasteiger partial charge in [-0.1, -0.05) is 17.7 Å². The average molecular weight is 529 g/mol. The highest BCUT2D eigenvalue weighted by atomic mass is 35.5. The number of anilines is 1. The first kappa shape index (κ1) is 26.8. The van der Waals surface area contributed by atoms with Crippen molar-refractivity contribution in [1.82, 2.24) is 24.8 Å². The van der Waals surface area contributed by atoms with Gasteiger partial charge < -0.3 is 29.6 Å². The highest BCUT2D eigenvalue weighted by Gasteiger charge is 2.26. The Morgan fingerprint density at radius 2 is 1.95 bits per heavy atom. The largest absolute Gasteiger partial charge is 0.489 e. The number of nitrogens with zero attached hydrogens (tertiary/aromatic N) is 4. The van der Waals surface area contributed by atoms with E-state index < -0.39 is 0 Å². The van der Waals surface area contributed by atoms with Gasteiger partial charge in [-0.2, -0.15) is 0 Å². The first-order chi connectivity index (χ1) is 17.9. The van der Waals surface area contributed by atoms with Crippen LogP contribution in [0, 0.1) is 0 Å². The van der Waals surface area contributed by atoms with Crippen molar-refractivity contribution in [3.8, 4) is 5.75 Å². The van der Waals surface area contributed by atoms with E-state index in [2.05, 4.69) is 39.3 Å². The molecule has 1 aromatic carbocycles. The number of methoxy groups -OCH3 is 1. The van der Waals surface area contributed by atoms with Crippen LogP contribution in [0.25, 0.3) is 11.0 Å². The third kappa shape index (κ3) is 6.76. The number of nitrogens with one attached hydrogen (secondary N) is 2. The number of carbonyl (C=O) groups excluding carboxylic acids is 2. The van der Waals surface area contributed by atoms with Crippen LogP contribution in [0.4, 0.5) is 5.82 Å². The lowest BCUT2D eigenvalue weighted by Gasteiger charge is -2.34. The molecule has 0 bridgehead atoms. The summed E-state index contributed by atoms with van der Waals surface area (Å²) in [6.45, 7) is 6.77. The second kappa shape index (κ2) is 12.4. The fourth-order valence-corrected chi connectivity index (χ4v) is 4.53. The van der Waals surface area contributed by atoms with E-state index in [-0.39, 0.29) is 30.2 Å². The van der Waals surface area contributed by atoms with Crippen LogP contribution >= 0.6 is 11.6 Å². The van der Waals surface area contributed by atoms with Crippen molar-refractivity contribution in [3.63, 3.8) is 0 Å². The van der Waals surface area contributed by atoms with Crippen molar-refractivity contribution in [2.45, 2.75) is 45.3 Å². The van der Waals surface area contributed by atoms with Gasteiger partial charge in [-0.25, -0.2) is 9.97 Å². The van der Waals surface area contributed by atoms with Crippen LogP contribution < -0.4 is 15.4 Å². The number of aromatic nitrogens is 3. The third-order valence-corrected chi connectivity index (χ3v) is 6.59. The number of piperidine rings is 1. The number of imidazole rings is 1. The smallest absolute Gasteiger partial charge is 0.287 e. The molecule has 0 radical (unpaired) electrons. The number of benzene rings is 1. The average Bonchev–Trinajstić information content (AvgIpc) is 3.25. The van der Waals surface area contributed by atoms with Crippen LogP contribution in [0.3, 0.4) is 0 Å². The fourth-order valence-electron chi connectivity index (χ4n) is 4.42. The Hall–Kier alpha value is -3.21. The van der Waals surface area contributed by atoms with Gasteiger partial charge in [0.2, 0.25) is 11.7 Å². The maximum absolute atomic E-state index is 13.4. The molecule has 0 unspecified atom stereocenters. The number of para-hydroxylation sites is 1. The number of fused-ring (bicyclic) bond motifs is 1. The Balaban J connectivity index is 1.60. The number of halogens is 1. The van der Waals surface area contributed by atoms with E-state index in [4.69, 9.17) is 21.1 Å². The number of likely N-dealkylation sites (tertiary alicyclic amines) is 1. The second-order valence-corrected chi connectivity index (χ2v) is 9.71. The topological polar surface area (TPSA) is 111 Å². The first-order valence-corrected chi connectivity index (χ1v) is 12.8. The third-order valence-electron chi connectivity index (χ3n) is 6.37. The summed E-state index contributed by atoms with van der Waals surface area (Å²) in [4.78, 5) is 37.6. The Kier molecular flexibility index (Phi) is 8.96. The first-order valence-electron chi connectivity index (χ1n) is 12.4. The van der Waals surface area contributed by atoms with Crippen molar-refractivity contribution in [1.29, 1.82) is 0 Å². The lowest BCUT2D eigenvalue weighted by atomic mass is 10.0. The number of carbonyl (C=O) groups is 2. The van der Waals surface area contributed by atoms with Crippen molar-refractivity contribution in [2.75, 3.05) is 38.7 Å². The zero-order chi connectivity index (χ0) is 26.4. The van der Waals surface area contributed by atoms with Crippen LogP contribution in [0.5, 0.6) is 5.75 Å². The molecule has 1 saturated heterocycles. The van der Waals surface area contributed by atoms with Gasteiger partial charge in [0.05, 0.1) is 17.1 Å². The molecule has 2 aromatic heterocycles. The highest BCUT2D eigenvalue weighted by molar-refractivity contribution is 6.30. The summed E-state index contributed by atoms with van der Waals surface area (Å²) in [6, 6.07) is 9.17. The number of rotatable bonds is 10. The summed E-state index contributed by atoms with van der Waals surface area (Å²) in [5, 5.41) is 6.35. The summed E-state index contributed by atoms with van der Waals surface area (Å²) in [5.74, 6) is 0.352. The fraction of sp³-hybridized carbons (Fsp3) is 0.462. The zero-order valence-electron chi connectivity index (χ0n) is 21.4. The molecule has 2 amide bonds. The molecule has 0 atom stereocenters. The lowest BCUT2D eigenvalue weighted by Crippen LogP contribution is -2.47. The molecule has 10 nitrogen and oxygen atoms in total. The predicted molar refractivity (Wildman–Crippen MR) is 142 cm³/mol. The van der Waals surface area contributed by atoms with E-state index in [1.54, 1.807) is 35.9 Å². The molecule has 0 saturated carbocycles. The van der Waals surface area contributed by atoms with E-state index in [9.17, 15) is 9.59 Å². The van der Waals surface area contributed by atoms with Gasteiger partial charge in [-0.3, -0.25) is 9.59 Å². The molecule has 198 valence electrons. The summed E-state index contributed by atoms with van der Waals surface area (Å²) in [6.07, 6.45) is 3.17. The Labute approximate surface area is 221 Å². The normalized spacial score (nSPS) is 14.7. The minimum atomic E-state index is -0.361. The molecular weight excluding hydrogens is 496 g/mol. The van der Waals surface area contributed by atoms with E-state index >= 15 is 0 Å². The summed E-state index contributed by atoms with van der Waals surface area (Å²) in [7, 11) is 1.59. The van der Waals surface area contributed by atoms with Gasteiger partial charge in [-0.15, -0.1) is 0 Å². The Morgan fingerprint density at radius 1 is 1.16 bits per heavy atom. The predicted octanol–water partition coefficient (Wildman–Crippen LogP) is 3.35. The number of pyridine rings is 1. The maximum atomic E-state index is 13.4. The van der Waals surface area contributed by atoms with Crippen molar-refractivity contribution < 1.29 is 19.1 Å². The number of hydrogen-bond acceptors (Lipinski definition) is 7. The standard InChI is InChI=1S/C26H33ClN6O4/c1-17(2)32-11-9-19(10-12-32)29-26(35)25-30-20-5-4-6-21(37-14-13-36-3)24(20)33(25)16-23(34)31-22-8-7-18(27)15-28-22/h4-8,15,17,19H,9-14,16H2,1-3H3,(H,29,35)(H,28,31,34). The van der Waals surface area contributed by atoms with Crippen LogP contribution in [-0.4, -0.2) is 76.7 Å². The molecule has 0 aliphatic carbocycles. The minimum absolute atomic E-state index is 0.0419. The van der Waals surface area contributed by atoms with Gasteiger partial charge in [0, 0.05) is 38.5 Å². The molecule has 11 heteroatoms. The van der Waals surface area contributed by atoms with E-state index in [1.807, 2.05) is 6.07 Å². The molecule has 2 N–H and O–H groups in total. The van der Waals surface area contributed by atoms with Crippen molar-refractivity contribution in [2.24, 2.45) is 0 Å². The minimum Gasteiger partial charge on any atom is -0.489 e. The van der Waals surface area contributed by atoms with E-state index in [0.29, 0.717) is 46.9 Å².